The molecule has 1 atom stereocenters. The van der Waals surface area contributed by atoms with Gasteiger partial charge in [-0.05, 0) is 41.9 Å². The Hall–Kier alpha value is -1.30. The van der Waals surface area contributed by atoms with E-state index in [-0.39, 0.29) is 0 Å². The van der Waals surface area contributed by atoms with Gasteiger partial charge in [0.25, 0.3) is 0 Å². The molecule has 0 heteroatoms. The molecule has 90 valence electrons. The molecule has 0 amide bonds. The maximum atomic E-state index is 2.34. The van der Waals surface area contributed by atoms with Crippen molar-refractivity contribution in [3.8, 4) is 0 Å². The van der Waals surface area contributed by atoms with Crippen molar-refractivity contribution in [3.63, 3.8) is 0 Å². The zero-order valence-electron chi connectivity index (χ0n) is 10.9. The summed E-state index contributed by atoms with van der Waals surface area (Å²) in [6.07, 6.45) is 11.7. The molecule has 0 nitrogen and oxygen atoms in total. The summed E-state index contributed by atoms with van der Waals surface area (Å²) in [5.74, 6) is 0.787. The number of hydrogen-bond donors (Lipinski definition) is 0. The van der Waals surface area contributed by atoms with Gasteiger partial charge >= 0.3 is 0 Å². The van der Waals surface area contributed by atoms with E-state index in [4.69, 9.17) is 0 Å². The van der Waals surface area contributed by atoms with Crippen molar-refractivity contribution in [3.05, 3.63) is 53.6 Å². The molecule has 0 fully saturated rings. The fourth-order valence-electron chi connectivity index (χ4n) is 2.21. The van der Waals surface area contributed by atoms with E-state index >= 15 is 0 Å². The summed E-state index contributed by atoms with van der Waals surface area (Å²) in [7, 11) is 0. The lowest BCUT2D eigenvalue weighted by Gasteiger charge is -2.10. The number of allylic oxidation sites excluding steroid dienone is 4. The topological polar surface area (TPSA) is 0 Å². The van der Waals surface area contributed by atoms with Gasteiger partial charge in [0.05, 0.1) is 0 Å². The fraction of sp³-hybridized carbons (Fsp3) is 0.412. The van der Waals surface area contributed by atoms with Crippen LogP contribution in [-0.4, -0.2) is 0 Å². The molecule has 0 bridgehead atoms. The third kappa shape index (κ3) is 3.33. The van der Waals surface area contributed by atoms with Crippen molar-refractivity contribution in [1.29, 1.82) is 0 Å². The Morgan fingerprint density at radius 2 is 1.88 bits per heavy atom. The molecule has 1 unspecified atom stereocenters. The van der Waals surface area contributed by atoms with Gasteiger partial charge in [-0.1, -0.05) is 62.8 Å². The van der Waals surface area contributed by atoms with Crippen LogP contribution in [0.5, 0.6) is 0 Å². The molecule has 0 saturated carbocycles. The van der Waals surface area contributed by atoms with E-state index in [1.807, 2.05) is 0 Å². The standard InChI is InChI=1S/C17H22/c1-3-14(2)13-15-9-11-17(12-10-15)16-7-5-4-6-8-16/h5,7-12,14H,3-4,6,13H2,1-2H3. The van der Waals surface area contributed by atoms with Crippen molar-refractivity contribution in [2.75, 3.05) is 0 Å². The highest BCUT2D eigenvalue weighted by Gasteiger charge is 2.03. The highest BCUT2D eigenvalue weighted by Crippen LogP contribution is 2.22. The van der Waals surface area contributed by atoms with Gasteiger partial charge in [-0.2, -0.15) is 0 Å². The highest BCUT2D eigenvalue weighted by atomic mass is 14.1. The van der Waals surface area contributed by atoms with Gasteiger partial charge in [-0.3, -0.25) is 0 Å². The van der Waals surface area contributed by atoms with Gasteiger partial charge in [-0.15, -0.1) is 0 Å². The van der Waals surface area contributed by atoms with Gasteiger partial charge < -0.3 is 0 Å². The maximum absolute atomic E-state index is 2.34. The zero-order chi connectivity index (χ0) is 12.1. The molecule has 0 radical (unpaired) electrons. The van der Waals surface area contributed by atoms with Gasteiger partial charge in [-0.25, -0.2) is 0 Å². The van der Waals surface area contributed by atoms with Crippen molar-refractivity contribution in [2.24, 2.45) is 5.92 Å². The summed E-state index contributed by atoms with van der Waals surface area (Å²) in [5.41, 5.74) is 4.20. The monoisotopic (exact) mass is 226 g/mol. The largest absolute Gasteiger partial charge is 0.0836 e. The molecule has 1 aliphatic carbocycles. The first-order chi connectivity index (χ1) is 8.29. The first kappa shape index (κ1) is 12.2. The van der Waals surface area contributed by atoms with Crippen LogP contribution in [0.15, 0.2) is 42.5 Å². The Kier molecular flexibility index (Phi) is 4.19. The quantitative estimate of drug-likeness (QED) is 0.677. The fourth-order valence-corrected chi connectivity index (χ4v) is 2.21. The van der Waals surface area contributed by atoms with E-state index in [2.05, 4.69) is 56.3 Å². The molecule has 1 aromatic carbocycles. The minimum Gasteiger partial charge on any atom is -0.0836 e. The van der Waals surface area contributed by atoms with E-state index in [1.165, 1.54) is 42.4 Å². The summed E-state index contributed by atoms with van der Waals surface area (Å²) in [6, 6.07) is 9.09. The molecular formula is C17H22. The van der Waals surface area contributed by atoms with Crippen LogP contribution in [0.2, 0.25) is 0 Å². The van der Waals surface area contributed by atoms with E-state index < -0.39 is 0 Å². The molecule has 0 N–H and O–H groups in total. The average molecular weight is 226 g/mol. The maximum Gasteiger partial charge on any atom is -0.0187 e. The van der Waals surface area contributed by atoms with Crippen molar-refractivity contribution < 1.29 is 0 Å². The van der Waals surface area contributed by atoms with E-state index in [9.17, 15) is 0 Å². The van der Waals surface area contributed by atoms with Crippen molar-refractivity contribution in [2.45, 2.75) is 39.5 Å². The molecule has 1 aromatic rings. The Balaban J connectivity index is 2.07. The molecule has 1 aliphatic rings. The molecule has 0 heterocycles. The van der Waals surface area contributed by atoms with Crippen LogP contribution in [0.3, 0.4) is 0 Å². The summed E-state index contributed by atoms with van der Waals surface area (Å²) < 4.78 is 0. The highest BCUT2D eigenvalue weighted by molar-refractivity contribution is 5.74. The minimum absolute atomic E-state index is 0.787. The molecular weight excluding hydrogens is 204 g/mol. The Morgan fingerprint density at radius 3 is 2.47 bits per heavy atom. The number of hydrogen-bond acceptors (Lipinski definition) is 0. The van der Waals surface area contributed by atoms with E-state index in [0.717, 1.165) is 5.92 Å². The summed E-state index contributed by atoms with van der Waals surface area (Å²) >= 11 is 0. The number of benzene rings is 1. The summed E-state index contributed by atoms with van der Waals surface area (Å²) in [6.45, 7) is 4.58. The summed E-state index contributed by atoms with van der Waals surface area (Å²) in [4.78, 5) is 0. The molecule has 0 saturated heterocycles. The van der Waals surface area contributed by atoms with Crippen molar-refractivity contribution in [1.82, 2.24) is 0 Å². The van der Waals surface area contributed by atoms with Gasteiger partial charge in [0, 0.05) is 0 Å². The van der Waals surface area contributed by atoms with Crippen LogP contribution in [0.4, 0.5) is 0 Å². The lowest BCUT2D eigenvalue weighted by atomic mass is 9.95. The third-order valence-electron chi connectivity index (χ3n) is 3.56. The SMILES string of the molecule is CCC(C)Cc1ccc(C2=CCCC=C2)cc1. The Morgan fingerprint density at radius 1 is 1.12 bits per heavy atom. The lowest BCUT2D eigenvalue weighted by molar-refractivity contribution is 0.560. The second-order valence-corrected chi connectivity index (χ2v) is 5.05. The van der Waals surface area contributed by atoms with Gasteiger partial charge in [0.2, 0.25) is 0 Å². The predicted octanol–water partition coefficient (Wildman–Crippen LogP) is 5.01. The molecule has 0 aliphatic heterocycles. The van der Waals surface area contributed by atoms with Crippen LogP contribution >= 0.6 is 0 Å². The molecule has 17 heavy (non-hydrogen) atoms. The van der Waals surface area contributed by atoms with Crippen LogP contribution in [0, 0.1) is 5.92 Å². The van der Waals surface area contributed by atoms with Crippen LogP contribution in [0.1, 0.15) is 44.2 Å². The van der Waals surface area contributed by atoms with Crippen LogP contribution in [0.25, 0.3) is 5.57 Å². The zero-order valence-corrected chi connectivity index (χ0v) is 10.9. The normalized spacial score (nSPS) is 16.7. The van der Waals surface area contributed by atoms with E-state index in [1.54, 1.807) is 0 Å². The molecule has 2 rings (SSSR count). The third-order valence-corrected chi connectivity index (χ3v) is 3.56. The van der Waals surface area contributed by atoms with E-state index in [0.29, 0.717) is 0 Å². The Labute approximate surface area is 105 Å². The molecule has 0 aromatic heterocycles. The van der Waals surface area contributed by atoms with Crippen LogP contribution in [-0.2, 0) is 6.42 Å². The first-order valence-corrected chi connectivity index (χ1v) is 6.75. The first-order valence-electron chi connectivity index (χ1n) is 6.75. The predicted molar refractivity (Wildman–Crippen MR) is 76.0 cm³/mol. The minimum atomic E-state index is 0.787. The summed E-state index contributed by atoms with van der Waals surface area (Å²) in [5, 5.41) is 0. The number of rotatable bonds is 4. The lowest BCUT2D eigenvalue weighted by Crippen LogP contribution is -1.97. The van der Waals surface area contributed by atoms with Crippen LogP contribution < -0.4 is 0 Å². The Bertz CT molecular complexity index is 406. The average Bonchev–Trinajstić information content (AvgIpc) is 2.40. The van der Waals surface area contributed by atoms with Gasteiger partial charge in [0.1, 0.15) is 0 Å². The second kappa shape index (κ2) is 5.86. The van der Waals surface area contributed by atoms with Crippen molar-refractivity contribution >= 4 is 5.57 Å². The second-order valence-electron chi connectivity index (χ2n) is 5.05. The smallest absolute Gasteiger partial charge is 0.0187 e. The van der Waals surface area contributed by atoms with Gasteiger partial charge in [0.15, 0.2) is 0 Å². The molecule has 0 spiro atoms.